The second-order valence-electron chi connectivity index (χ2n) is 9.31. The van der Waals surface area contributed by atoms with Crippen LogP contribution in [0.5, 0.6) is 5.75 Å². The van der Waals surface area contributed by atoms with Crippen LogP contribution in [-0.4, -0.2) is 50.9 Å². The highest BCUT2D eigenvalue weighted by Crippen LogP contribution is 2.33. The van der Waals surface area contributed by atoms with E-state index < -0.39 is 28.5 Å². The van der Waals surface area contributed by atoms with Gasteiger partial charge in [-0.1, -0.05) is 66.6 Å². The highest BCUT2D eigenvalue weighted by atomic mass is 35.5. The van der Waals surface area contributed by atoms with Crippen LogP contribution < -0.4 is 14.4 Å². The molecule has 0 spiro atoms. The molecule has 0 radical (unpaired) electrons. The van der Waals surface area contributed by atoms with Gasteiger partial charge in [-0.15, -0.1) is 0 Å². The second kappa shape index (κ2) is 14.2. The number of nitrogens with one attached hydrogen (secondary N) is 1. The van der Waals surface area contributed by atoms with E-state index in [-0.39, 0.29) is 23.0 Å². The van der Waals surface area contributed by atoms with Crippen molar-refractivity contribution in [3.63, 3.8) is 0 Å². The minimum Gasteiger partial charge on any atom is -0.492 e. The molecule has 0 fully saturated rings. The average molecular weight is 586 g/mol. The Bertz CT molecular complexity index is 1410. The van der Waals surface area contributed by atoms with Crippen LogP contribution in [0.15, 0.2) is 77.7 Å². The van der Waals surface area contributed by atoms with Crippen molar-refractivity contribution >= 4 is 39.1 Å². The lowest BCUT2D eigenvalue weighted by molar-refractivity contribution is -0.139. The second-order valence-corrected chi connectivity index (χ2v) is 11.6. The highest BCUT2D eigenvalue weighted by Gasteiger charge is 2.34. The molecule has 1 N–H and O–H groups in total. The third-order valence-electron chi connectivity index (χ3n) is 6.34. The molecule has 2 amide bonds. The van der Waals surface area contributed by atoms with Gasteiger partial charge in [-0.2, -0.15) is 0 Å². The van der Waals surface area contributed by atoms with Crippen molar-refractivity contribution in [3.8, 4) is 5.75 Å². The maximum Gasteiger partial charge on any atom is 0.264 e. The predicted octanol–water partition coefficient (Wildman–Crippen LogP) is 5.19. The first kappa shape index (κ1) is 31.0. The quantitative estimate of drug-likeness (QED) is 0.298. The molecule has 0 bridgehead atoms. The Balaban J connectivity index is 2.08. The Hall–Kier alpha value is -3.56. The van der Waals surface area contributed by atoms with E-state index in [4.69, 9.17) is 16.3 Å². The van der Waals surface area contributed by atoms with Crippen LogP contribution in [0.1, 0.15) is 38.3 Å². The summed E-state index contributed by atoms with van der Waals surface area (Å²) in [6.07, 6.45) is 0.730. The molecule has 0 aliphatic carbocycles. The molecule has 8 nitrogen and oxygen atoms in total. The van der Waals surface area contributed by atoms with Crippen molar-refractivity contribution in [2.24, 2.45) is 0 Å². The maximum atomic E-state index is 14.0. The smallest absolute Gasteiger partial charge is 0.264 e. The zero-order valence-electron chi connectivity index (χ0n) is 23.3. The predicted molar refractivity (Wildman–Crippen MR) is 158 cm³/mol. The minimum atomic E-state index is -4.20. The summed E-state index contributed by atoms with van der Waals surface area (Å²) in [6.45, 7) is 7.42. The van der Waals surface area contributed by atoms with E-state index in [2.05, 4.69) is 5.32 Å². The van der Waals surface area contributed by atoms with Gasteiger partial charge in [0.2, 0.25) is 11.8 Å². The molecule has 214 valence electrons. The lowest BCUT2D eigenvalue weighted by atomic mass is 10.1. The monoisotopic (exact) mass is 585 g/mol. The van der Waals surface area contributed by atoms with Crippen molar-refractivity contribution in [1.29, 1.82) is 0 Å². The zero-order chi connectivity index (χ0) is 29.3. The molecule has 0 saturated heterocycles. The van der Waals surface area contributed by atoms with Gasteiger partial charge in [0.25, 0.3) is 10.0 Å². The third kappa shape index (κ3) is 7.55. The molecular formula is C30H36ClN3O5S. The Morgan fingerprint density at radius 2 is 1.62 bits per heavy atom. The molecule has 0 unspecified atom stereocenters. The standard InChI is InChI=1S/C30H36ClN3O5S/c1-5-19-32-30(36)23(4)33(20-24-11-7-8-12-26(24)31)29(35)21-34(27-13-9-10-14-28(27)39-6-2)40(37,38)25-17-15-22(3)16-18-25/h7-18,23H,5-6,19-21H2,1-4H3,(H,32,36)/t23-/m0/s1. The van der Waals surface area contributed by atoms with Crippen LogP contribution in [0.2, 0.25) is 5.02 Å². The summed E-state index contributed by atoms with van der Waals surface area (Å²) in [7, 11) is -4.20. The molecule has 10 heteroatoms. The van der Waals surface area contributed by atoms with E-state index in [0.717, 1.165) is 16.3 Å². The van der Waals surface area contributed by atoms with Crippen molar-refractivity contribution < 1.29 is 22.7 Å². The first-order chi connectivity index (χ1) is 19.1. The summed E-state index contributed by atoms with van der Waals surface area (Å²) < 4.78 is 34.8. The fourth-order valence-corrected chi connectivity index (χ4v) is 5.70. The number of hydrogen-bond donors (Lipinski definition) is 1. The number of halogens is 1. The Kier molecular flexibility index (Phi) is 11.0. The summed E-state index contributed by atoms with van der Waals surface area (Å²) in [6, 6.07) is 19.2. The summed E-state index contributed by atoms with van der Waals surface area (Å²) >= 11 is 6.40. The molecular weight excluding hydrogens is 550 g/mol. The summed E-state index contributed by atoms with van der Waals surface area (Å²) in [5.74, 6) is -0.592. The Morgan fingerprint density at radius 1 is 0.975 bits per heavy atom. The lowest BCUT2D eigenvalue weighted by Crippen LogP contribution is -2.51. The number of sulfonamides is 1. The van der Waals surface area contributed by atoms with Gasteiger partial charge in [0.05, 0.1) is 17.2 Å². The number of anilines is 1. The Morgan fingerprint density at radius 3 is 2.27 bits per heavy atom. The van der Waals surface area contributed by atoms with Crippen molar-refractivity contribution in [2.75, 3.05) is 24.0 Å². The topological polar surface area (TPSA) is 96.0 Å². The van der Waals surface area contributed by atoms with E-state index in [0.29, 0.717) is 29.5 Å². The van der Waals surface area contributed by atoms with Gasteiger partial charge in [-0.05, 0) is 63.1 Å². The fourth-order valence-electron chi connectivity index (χ4n) is 4.08. The number of aryl methyl sites for hydroxylation is 1. The lowest BCUT2D eigenvalue weighted by Gasteiger charge is -2.32. The van der Waals surface area contributed by atoms with Crippen LogP contribution in [0.3, 0.4) is 0 Å². The van der Waals surface area contributed by atoms with Crippen molar-refractivity contribution in [3.05, 3.63) is 88.9 Å². The molecule has 3 aromatic rings. The van der Waals surface area contributed by atoms with Crippen LogP contribution in [0.25, 0.3) is 0 Å². The fraction of sp³-hybridized carbons (Fsp3) is 0.333. The van der Waals surface area contributed by atoms with Gasteiger partial charge >= 0.3 is 0 Å². The van der Waals surface area contributed by atoms with Gasteiger partial charge in [0, 0.05) is 18.1 Å². The van der Waals surface area contributed by atoms with Crippen molar-refractivity contribution in [2.45, 2.75) is 51.6 Å². The molecule has 3 rings (SSSR count). The molecule has 40 heavy (non-hydrogen) atoms. The zero-order valence-corrected chi connectivity index (χ0v) is 24.8. The molecule has 0 aliphatic rings. The van der Waals surface area contributed by atoms with Crippen molar-refractivity contribution in [1.82, 2.24) is 10.2 Å². The molecule has 1 atom stereocenters. The number of hydrogen-bond acceptors (Lipinski definition) is 5. The molecule has 0 aromatic heterocycles. The van der Waals surface area contributed by atoms with Crippen LogP contribution in [0, 0.1) is 6.92 Å². The number of carbonyl (C=O) groups is 2. The van der Waals surface area contributed by atoms with E-state index in [1.807, 2.05) is 13.8 Å². The minimum absolute atomic E-state index is 0.0186. The molecule has 0 saturated carbocycles. The number of rotatable bonds is 13. The van der Waals surface area contributed by atoms with E-state index in [1.165, 1.54) is 17.0 Å². The number of nitrogens with zero attached hydrogens (tertiary/aromatic N) is 2. The molecule has 3 aromatic carbocycles. The highest BCUT2D eigenvalue weighted by molar-refractivity contribution is 7.92. The van der Waals surface area contributed by atoms with Gasteiger partial charge in [0.15, 0.2) is 0 Å². The number of amides is 2. The largest absolute Gasteiger partial charge is 0.492 e. The number of ether oxygens (including phenoxy) is 1. The number of carbonyl (C=O) groups excluding carboxylic acids is 2. The number of para-hydroxylation sites is 2. The first-order valence-electron chi connectivity index (χ1n) is 13.2. The van der Waals surface area contributed by atoms with Crippen LogP contribution in [0.4, 0.5) is 5.69 Å². The van der Waals surface area contributed by atoms with Crippen LogP contribution in [-0.2, 0) is 26.2 Å². The average Bonchev–Trinajstić information content (AvgIpc) is 2.94. The van der Waals surface area contributed by atoms with Gasteiger partial charge in [0.1, 0.15) is 18.3 Å². The van der Waals surface area contributed by atoms with Gasteiger partial charge in [-0.3, -0.25) is 13.9 Å². The summed E-state index contributed by atoms with van der Waals surface area (Å²) in [5, 5.41) is 3.26. The molecule has 0 aliphatic heterocycles. The number of benzene rings is 3. The van der Waals surface area contributed by atoms with Gasteiger partial charge < -0.3 is 15.0 Å². The van der Waals surface area contributed by atoms with Gasteiger partial charge in [-0.25, -0.2) is 8.42 Å². The van der Waals surface area contributed by atoms with Crippen LogP contribution >= 0.6 is 11.6 Å². The first-order valence-corrected chi connectivity index (χ1v) is 15.0. The summed E-state index contributed by atoms with van der Waals surface area (Å²) in [4.78, 5) is 28.4. The maximum absolute atomic E-state index is 14.0. The SMILES string of the molecule is CCCNC(=O)[C@H](C)N(Cc1ccccc1Cl)C(=O)CN(c1ccccc1OCC)S(=O)(=O)c1ccc(C)cc1. The third-order valence-corrected chi connectivity index (χ3v) is 8.48. The van der Waals surface area contributed by atoms with E-state index in [1.54, 1.807) is 74.5 Å². The van der Waals surface area contributed by atoms with E-state index in [9.17, 15) is 18.0 Å². The molecule has 0 heterocycles. The Labute approximate surface area is 241 Å². The van der Waals surface area contributed by atoms with E-state index >= 15 is 0 Å². The normalized spacial score (nSPS) is 11.9. The summed E-state index contributed by atoms with van der Waals surface area (Å²) in [5.41, 5.74) is 1.75.